The van der Waals surface area contributed by atoms with E-state index in [1.54, 1.807) is 0 Å². The highest BCUT2D eigenvalue weighted by Gasteiger charge is 2.22. The Balaban J connectivity index is 1.46. The van der Waals surface area contributed by atoms with Gasteiger partial charge in [-0.15, -0.1) is 0 Å². The Morgan fingerprint density at radius 2 is 1.77 bits per heavy atom. The minimum atomic E-state index is 0.0966. The van der Waals surface area contributed by atoms with Crippen molar-refractivity contribution in [3.05, 3.63) is 88.7 Å². The first-order valence-corrected chi connectivity index (χ1v) is 9.29. The minimum Gasteiger partial charge on any atom is -0.371 e. The molecule has 5 heteroatoms. The summed E-state index contributed by atoms with van der Waals surface area (Å²) >= 11 is 6.00. The lowest BCUT2D eigenvalue weighted by atomic mass is 10.0. The maximum atomic E-state index is 6.00. The highest BCUT2D eigenvalue weighted by molar-refractivity contribution is 6.30. The van der Waals surface area contributed by atoms with Gasteiger partial charge in [0.05, 0.1) is 19.3 Å². The van der Waals surface area contributed by atoms with Crippen LogP contribution in [0.5, 0.6) is 0 Å². The third-order valence-electron chi connectivity index (χ3n) is 4.80. The molecule has 1 aliphatic heterocycles. The van der Waals surface area contributed by atoms with Gasteiger partial charge in [-0.3, -0.25) is 9.58 Å². The van der Waals surface area contributed by atoms with Crippen molar-refractivity contribution >= 4 is 11.6 Å². The predicted molar refractivity (Wildman–Crippen MR) is 103 cm³/mol. The molecule has 2 heterocycles. The lowest BCUT2D eigenvalue weighted by Gasteiger charge is -2.33. The van der Waals surface area contributed by atoms with E-state index < -0.39 is 0 Å². The van der Waals surface area contributed by atoms with Crippen LogP contribution in [-0.4, -0.2) is 34.4 Å². The third kappa shape index (κ3) is 4.15. The zero-order chi connectivity index (χ0) is 17.8. The summed E-state index contributed by atoms with van der Waals surface area (Å²) in [5, 5.41) is 5.09. The van der Waals surface area contributed by atoms with Crippen molar-refractivity contribution in [3.63, 3.8) is 0 Å². The van der Waals surface area contributed by atoms with Crippen molar-refractivity contribution in [1.29, 1.82) is 0 Å². The fourth-order valence-electron chi connectivity index (χ4n) is 3.40. The second-order valence-electron chi connectivity index (χ2n) is 6.62. The quantitative estimate of drug-likeness (QED) is 0.678. The van der Waals surface area contributed by atoms with E-state index in [0.717, 1.165) is 37.8 Å². The van der Waals surface area contributed by atoms with Crippen molar-refractivity contribution in [2.45, 2.75) is 19.2 Å². The van der Waals surface area contributed by atoms with Gasteiger partial charge in [0.25, 0.3) is 0 Å². The number of aromatic nitrogens is 2. The van der Waals surface area contributed by atoms with Crippen LogP contribution in [0.15, 0.2) is 67.0 Å². The standard InChI is InChI=1S/C21H22ClN3O/c22-20-8-6-17(7-9-20)21-16-24(12-13-26-21)14-18-4-1-2-5-19(18)15-25-11-3-10-23-25/h1-11,21H,12-16H2/t21-/m0/s1. The van der Waals surface area contributed by atoms with Gasteiger partial charge >= 0.3 is 0 Å². The average molecular weight is 368 g/mol. The first-order valence-electron chi connectivity index (χ1n) is 8.91. The Morgan fingerprint density at radius 3 is 2.50 bits per heavy atom. The summed E-state index contributed by atoms with van der Waals surface area (Å²) in [4.78, 5) is 2.46. The minimum absolute atomic E-state index is 0.0966. The summed E-state index contributed by atoms with van der Waals surface area (Å²) in [5.41, 5.74) is 3.84. The topological polar surface area (TPSA) is 30.3 Å². The number of morpholine rings is 1. The summed E-state index contributed by atoms with van der Waals surface area (Å²) in [6.07, 6.45) is 3.92. The van der Waals surface area contributed by atoms with E-state index in [9.17, 15) is 0 Å². The molecule has 3 aromatic rings. The highest BCUT2D eigenvalue weighted by atomic mass is 35.5. The molecule has 0 amide bonds. The monoisotopic (exact) mass is 367 g/mol. The Hall–Kier alpha value is -2.14. The molecule has 134 valence electrons. The molecule has 4 nitrogen and oxygen atoms in total. The Morgan fingerprint density at radius 1 is 1.00 bits per heavy atom. The molecule has 0 saturated carbocycles. The predicted octanol–water partition coefficient (Wildman–Crippen LogP) is 4.16. The molecule has 0 spiro atoms. The van der Waals surface area contributed by atoms with Crippen LogP contribution in [0.4, 0.5) is 0 Å². The Bertz CT molecular complexity index is 833. The molecule has 0 bridgehead atoms. The molecule has 0 N–H and O–H groups in total. The Labute approximate surface area is 159 Å². The normalized spacial score (nSPS) is 18.1. The van der Waals surface area contributed by atoms with Gasteiger partial charge in [0, 0.05) is 37.1 Å². The number of hydrogen-bond donors (Lipinski definition) is 0. The van der Waals surface area contributed by atoms with Gasteiger partial charge in [-0.25, -0.2) is 0 Å². The lowest BCUT2D eigenvalue weighted by molar-refractivity contribution is -0.0330. The molecule has 1 aromatic heterocycles. The van der Waals surface area contributed by atoms with E-state index in [4.69, 9.17) is 16.3 Å². The van der Waals surface area contributed by atoms with E-state index in [2.05, 4.69) is 46.4 Å². The Kier molecular flexibility index (Phi) is 5.34. The van der Waals surface area contributed by atoms with Crippen LogP contribution < -0.4 is 0 Å². The van der Waals surface area contributed by atoms with Crippen molar-refractivity contribution in [3.8, 4) is 0 Å². The maximum absolute atomic E-state index is 6.00. The van der Waals surface area contributed by atoms with Gasteiger partial charge in [0.2, 0.25) is 0 Å². The largest absolute Gasteiger partial charge is 0.371 e. The third-order valence-corrected chi connectivity index (χ3v) is 5.05. The zero-order valence-corrected chi connectivity index (χ0v) is 15.3. The second-order valence-corrected chi connectivity index (χ2v) is 7.05. The van der Waals surface area contributed by atoms with Gasteiger partial charge in [0.15, 0.2) is 0 Å². The number of hydrogen-bond acceptors (Lipinski definition) is 3. The molecule has 1 atom stereocenters. The van der Waals surface area contributed by atoms with E-state index in [1.165, 1.54) is 16.7 Å². The van der Waals surface area contributed by atoms with Crippen molar-refractivity contribution in [1.82, 2.24) is 14.7 Å². The van der Waals surface area contributed by atoms with Crippen LogP contribution in [0.1, 0.15) is 22.8 Å². The number of benzene rings is 2. The highest BCUT2D eigenvalue weighted by Crippen LogP contribution is 2.25. The average Bonchev–Trinajstić information content (AvgIpc) is 3.17. The van der Waals surface area contributed by atoms with E-state index in [1.807, 2.05) is 35.3 Å². The molecule has 4 rings (SSSR count). The molecule has 0 unspecified atom stereocenters. The first-order chi connectivity index (χ1) is 12.8. The van der Waals surface area contributed by atoms with Crippen molar-refractivity contribution < 1.29 is 4.74 Å². The zero-order valence-electron chi connectivity index (χ0n) is 14.6. The molecule has 1 saturated heterocycles. The summed E-state index contributed by atoms with van der Waals surface area (Å²) in [7, 11) is 0. The number of rotatable bonds is 5. The number of halogens is 1. The van der Waals surface area contributed by atoms with Crippen LogP contribution in [0, 0.1) is 0 Å². The van der Waals surface area contributed by atoms with E-state index in [0.29, 0.717) is 0 Å². The fourth-order valence-corrected chi connectivity index (χ4v) is 3.53. The van der Waals surface area contributed by atoms with Gasteiger partial charge in [-0.05, 0) is 34.9 Å². The molecule has 1 fully saturated rings. The summed E-state index contributed by atoms with van der Waals surface area (Å²) in [6.45, 7) is 4.30. The summed E-state index contributed by atoms with van der Waals surface area (Å²) in [6, 6.07) is 18.5. The fraction of sp³-hybridized carbons (Fsp3) is 0.286. The maximum Gasteiger partial charge on any atom is 0.0952 e. The van der Waals surface area contributed by atoms with E-state index >= 15 is 0 Å². The molecular formula is C21H22ClN3O. The second kappa shape index (κ2) is 8.04. The molecular weight excluding hydrogens is 346 g/mol. The number of ether oxygens (including phenoxy) is 1. The molecule has 0 radical (unpaired) electrons. The van der Waals surface area contributed by atoms with Gasteiger partial charge in [0.1, 0.15) is 0 Å². The van der Waals surface area contributed by atoms with Crippen LogP contribution in [0.25, 0.3) is 0 Å². The smallest absolute Gasteiger partial charge is 0.0952 e. The van der Waals surface area contributed by atoms with Crippen molar-refractivity contribution in [2.75, 3.05) is 19.7 Å². The van der Waals surface area contributed by atoms with Crippen LogP contribution in [0.2, 0.25) is 5.02 Å². The summed E-state index contributed by atoms with van der Waals surface area (Å²) < 4.78 is 7.96. The van der Waals surface area contributed by atoms with E-state index in [-0.39, 0.29) is 6.10 Å². The van der Waals surface area contributed by atoms with Gasteiger partial charge in [-0.2, -0.15) is 5.10 Å². The lowest BCUT2D eigenvalue weighted by Crippen LogP contribution is -2.38. The molecule has 26 heavy (non-hydrogen) atoms. The summed E-state index contributed by atoms with van der Waals surface area (Å²) in [5.74, 6) is 0. The van der Waals surface area contributed by atoms with Crippen molar-refractivity contribution in [2.24, 2.45) is 0 Å². The molecule has 2 aromatic carbocycles. The number of nitrogens with zero attached hydrogens (tertiary/aromatic N) is 3. The van der Waals surface area contributed by atoms with Gasteiger partial charge in [-0.1, -0.05) is 48.0 Å². The van der Waals surface area contributed by atoms with Crippen LogP contribution >= 0.6 is 11.6 Å². The van der Waals surface area contributed by atoms with Crippen LogP contribution in [-0.2, 0) is 17.8 Å². The SMILES string of the molecule is Clc1ccc([C@@H]2CN(Cc3ccccc3Cn3cccn3)CCO2)cc1. The first kappa shape index (κ1) is 17.3. The molecule has 0 aliphatic carbocycles. The van der Waals surface area contributed by atoms with Crippen LogP contribution in [0.3, 0.4) is 0 Å². The molecule has 1 aliphatic rings. The van der Waals surface area contributed by atoms with Gasteiger partial charge < -0.3 is 4.74 Å².